The van der Waals surface area contributed by atoms with Gasteiger partial charge in [0, 0.05) is 25.9 Å². The number of methoxy groups -OCH3 is 2. The Morgan fingerprint density at radius 2 is 1.68 bits per heavy atom. The van der Waals surface area contributed by atoms with Gasteiger partial charge in [-0.25, -0.2) is 9.59 Å². The third-order valence-corrected chi connectivity index (χ3v) is 4.75. The summed E-state index contributed by atoms with van der Waals surface area (Å²) in [5, 5.41) is 3.05. The normalized spacial score (nSPS) is 10.8. The van der Waals surface area contributed by atoms with E-state index >= 15 is 0 Å². The lowest BCUT2D eigenvalue weighted by Crippen LogP contribution is -2.42. The number of anilines is 1. The minimum absolute atomic E-state index is 0.187. The Labute approximate surface area is 177 Å². The van der Waals surface area contributed by atoms with E-state index in [0.717, 1.165) is 4.57 Å². The predicted octanol–water partition coefficient (Wildman–Crippen LogP) is 1.63. The molecule has 0 aliphatic carbocycles. The molecule has 9 heteroatoms. The number of nitrogens with zero attached hydrogens (tertiary/aromatic N) is 2. The topological polar surface area (TPSA) is 109 Å². The van der Waals surface area contributed by atoms with E-state index in [9.17, 15) is 19.2 Å². The van der Waals surface area contributed by atoms with Gasteiger partial charge in [-0.15, -0.1) is 0 Å². The van der Waals surface area contributed by atoms with E-state index < -0.39 is 23.1 Å². The molecule has 0 atom stereocenters. The number of amides is 1. The van der Waals surface area contributed by atoms with Crippen LogP contribution in [0.2, 0.25) is 0 Å². The molecule has 0 spiro atoms. The van der Waals surface area contributed by atoms with Gasteiger partial charge in [-0.05, 0) is 42.8 Å². The minimum atomic E-state index is -0.559. The Kier molecular flexibility index (Phi) is 6.99. The average molecular weight is 425 g/mol. The summed E-state index contributed by atoms with van der Waals surface area (Å²) in [7, 11) is 2.83. The van der Waals surface area contributed by atoms with Crippen molar-refractivity contribution in [3.63, 3.8) is 0 Å². The molecule has 162 valence electrons. The number of ether oxygens (including phenoxy) is 2. The first kappa shape index (κ1) is 22.0. The van der Waals surface area contributed by atoms with Crippen molar-refractivity contribution in [1.29, 1.82) is 0 Å². The number of fused-ring (bicyclic) bond motifs is 1. The molecule has 31 heavy (non-hydrogen) atoms. The van der Waals surface area contributed by atoms with Gasteiger partial charge in [-0.3, -0.25) is 18.7 Å². The molecule has 3 rings (SSSR count). The van der Waals surface area contributed by atoms with Crippen LogP contribution in [0.25, 0.3) is 10.9 Å². The van der Waals surface area contributed by atoms with E-state index in [2.05, 4.69) is 10.1 Å². The monoisotopic (exact) mass is 425 g/mol. The fraction of sp³-hybridized carbons (Fsp3) is 0.273. The number of carbonyl (C=O) groups is 2. The molecule has 0 fully saturated rings. The highest BCUT2D eigenvalue weighted by Crippen LogP contribution is 2.12. The molecule has 1 heterocycles. The molecule has 3 aromatic rings. The van der Waals surface area contributed by atoms with Crippen molar-refractivity contribution in [2.75, 3.05) is 26.1 Å². The Morgan fingerprint density at radius 1 is 0.968 bits per heavy atom. The molecule has 1 aromatic heterocycles. The van der Waals surface area contributed by atoms with Gasteiger partial charge in [0.1, 0.15) is 6.54 Å². The van der Waals surface area contributed by atoms with E-state index in [1.807, 2.05) is 0 Å². The zero-order valence-electron chi connectivity index (χ0n) is 17.3. The smallest absolute Gasteiger partial charge is 0.337 e. The summed E-state index contributed by atoms with van der Waals surface area (Å²) in [5.74, 6) is -0.924. The van der Waals surface area contributed by atoms with Crippen LogP contribution < -0.4 is 16.6 Å². The standard InChI is InChI=1S/C22H23N3O6/c1-30-13-5-12-24-20(27)17-6-3-4-7-18(17)25(22(24)29)14-19(26)23-16-10-8-15(9-11-16)21(28)31-2/h3-4,6-11H,5,12-14H2,1-2H3,(H,23,26). The van der Waals surface area contributed by atoms with E-state index in [-0.39, 0.29) is 13.1 Å². The van der Waals surface area contributed by atoms with Crippen molar-refractivity contribution in [2.24, 2.45) is 0 Å². The van der Waals surface area contributed by atoms with Gasteiger partial charge in [0.2, 0.25) is 5.91 Å². The van der Waals surface area contributed by atoms with Gasteiger partial charge in [0.05, 0.1) is 23.6 Å². The molecular formula is C22H23N3O6. The minimum Gasteiger partial charge on any atom is -0.465 e. The van der Waals surface area contributed by atoms with Crippen LogP contribution in [-0.2, 0) is 27.4 Å². The number of rotatable bonds is 8. The first-order valence-corrected chi connectivity index (χ1v) is 9.65. The van der Waals surface area contributed by atoms with Crippen molar-refractivity contribution in [3.8, 4) is 0 Å². The van der Waals surface area contributed by atoms with Crippen molar-refractivity contribution >= 4 is 28.5 Å². The fourth-order valence-electron chi connectivity index (χ4n) is 3.24. The second-order valence-corrected chi connectivity index (χ2v) is 6.81. The summed E-state index contributed by atoms with van der Waals surface area (Å²) < 4.78 is 12.1. The molecular weight excluding hydrogens is 402 g/mol. The quantitative estimate of drug-likeness (QED) is 0.434. The summed E-state index contributed by atoms with van der Waals surface area (Å²) in [6.07, 6.45) is 0.489. The summed E-state index contributed by atoms with van der Waals surface area (Å²) in [6.45, 7) is 0.316. The maximum atomic E-state index is 13.0. The zero-order chi connectivity index (χ0) is 22.4. The van der Waals surface area contributed by atoms with Crippen molar-refractivity contribution < 1.29 is 19.1 Å². The van der Waals surface area contributed by atoms with Crippen molar-refractivity contribution in [2.45, 2.75) is 19.5 Å². The van der Waals surface area contributed by atoms with Gasteiger partial charge in [0.15, 0.2) is 0 Å². The van der Waals surface area contributed by atoms with E-state index in [0.29, 0.717) is 35.2 Å². The molecule has 0 radical (unpaired) electrons. The average Bonchev–Trinajstić information content (AvgIpc) is 2.79. The summed E-state index contributed by atoms with van der Waals surface area (Å²) in [4.78, 5) is 49.9. The number of hydrogen-bond donors (Lipinski definition) is 1. The lowest BCUT2D eigenvalue weighted by Gasteiger charge is -2.14. The molecule has 0 aliphatic rings. The number of nitrogens with one attached hydrogen (secondary N) is 1. The Morgan fingerprint density at radius 3 is 2.35 bits per heavy atom. The highest BCUT2D eigenvalue weighted by molar-refractivity contribution is 5.93. The Hall–Kier alpha value is -3.72. The summed E-state index contributed by atoms with van der Waals surface area (Å²) in [5.41, 5.74) is 0.244. The van der Waals surface area contributed by atoms with Gasteiger partial charge < -0.3 is 14.8 Å². The first-order valence-electron chi connectivity index (χ1n) is 9.65. The van der Waals surface area contributed by atoms with Crippen LogP contribution in [0.4, 0.5) is 5.69 Å². The largest absolute Gasteiger partial charge is 0.465 e. The van der Waals surface area contributed by atoms with Crippen LogP contribution in [-0.4, -0.2) is 41.8 Å². The van der Waals surface area contributed by atoms with Crippen LogP contribution >= 0.6 is 0 Å². The molecule has 0 unspecified atom stereocenters. The van der Waals surface area contributed by atoms with Crippen LogP contribution in [0.15, 0.2) is 58.1 Å². The van der Waals surface area contributed by atoms with Crippen LogP contribution in [0.5, 0.6) is 0 Å². The maximum absolute atomic E-state index is 13.0. The summed E-state index contributed by atoms with van der Waals surface area (Å²) in [6, 6.07) is 12.9. The van der Waals surface area contributed by atoms with Crippen LogP contribution in [0.1, 0.15) is 16.8 Å². The lowest BCUT2D eigenvalue weighted by molar-refractivity contribution is -0.116. The fourth-order valence-corrected chi connectivity index (χ4v) is 3.24. The first-order chi connectivity index (χ1) is 15.0. The SMILES string of the molecule is COCCCn1c(=O)c2ccccc2n(CC(=O)Nc2ccc(C(=O)OC)cc2)c1=O. The Balaban J connectivity index is 1.89. The van der Waals surface area contributed by atoms with Gasteiger partial charge in [0.25, 0.3) is 5.56 Å². The molecule has 0 bridgehead atoms. The lowest BCUT2D eigenvalue weighted by atomic mass is 10.2. The zero-order valence-corrected chi connectivity index (χ0v) is 17.3. The molecule has 2 aromatic carbocycles. The second kappa shape index (κ2) is 9.86. The van der Waals surface area contributed by atoms with Crippen molar-refractivity contribution in [3.05, 3.63) is 74.9 Å². The molecule has 0 saturated heterocycles. The van der Waals surface area contributed by atoms with E-state index in [4.69, 9.17) is 4.74 Å². The molecule has 0 saturated carbocycles. The second-order valence-electron chi connectivity index (χ2n) is 6.81. The van der Waals surface area contributed by atoms with Crippen molar-refractivity contribution in [1.82, 2.24) is 9.13 Å². The Bertz CT molecular complexity index is 1210. The molecule has 0 aliphatic heterocycles. The third kappa shape index (κ3) is 4.89. The number of para-hydroxylation sites is 1. The number of hydrogen-bond acceptors (Lipinski definition) is 6. The number of benzene rings is 2. The molecule has 1 amide bonds. The summed E-state index contributed by atoms with van der Waals surface area (Å²) >= 11 is 0. The van der Waals surface area contributed by atoms with Gasteiger partial charge >= 0.3 is 11.7 Å². The highest BCUT2D eigenvalue weighted by Gasteiger charge is 2.15. The number of aromatic nitrogens is 2. The maximum Gasteiger partial charge on any atom is 0.337 e. The third-order valence-electron chi connectivity index (χ3n) is 4.75. The van der Waals surface area contributed by atoms with E-state index in [1.165, 1.54) is 23.8 Å². The highest BCUT2D eigenvalue weighted by atomic mass is 16.5. The van der Waals surface area contributed by atoms with Crippen LogP contribution in [0, 0.1) is 0 Å². The van der Waals surface area contributed by atoms with Crippen LogP contribution in [0.3, 0.4) is 0 Å². The van der Waals surface area contributed by atoms with E-state index in [1.54, 1.807) is 43.5 Å². The van der Waals surface area contributed by atoms with Gasteiger partial charge in [-0.1, -0.05) is 12.1 Å². The molecule has 9 nitrogen and oxygen atoms in total. The number of carbonyl (C=O) groups excluding carboxylic acids is 2. The number of esters is 1. The molecule has 1 N–H and O–H groups in total. The van der Waals surface area contributed by atoms with Gasteiger partial charge in [-0.2, -0.15) is 0 Å². The predicted molar refractivity (Wildman–Crippen MR) is 115 cm³/mol.